The lowest BCUT2D eigenvalue weighted by molar-refractivity contribution is -0.115. The zero-order chi connectivity index (χ0) is 12.1. The molecule has 1 aromatic carbocycles. The largest absolute Gasteiger partial charge is 0.326 e. The number of nitrogens with zero attached hydrogens (tertiary/aromatic N) is 2. The van der Waals surface area contributed by atoms with Gasteiger partial charge in [0.25, 0.3) is 0 Å². The predicted octanol–water partition coefficient (Wildman–Crippen LogP) is 2.30. The third kappa shape index (κ3) is 3.32. The van der Waals surface area contributed by atoms with E-state index in [2.05, 4.69) is 20.5 Å². The topological polar surface area (TPSA) is 70.7 Å². The summed E-state index contributed by atoms with van der Waals surface area (Å²) in [5.74, 6) is 0.0145. The lowest BCUT2D eigenvalue weighted by atomic mass is 10.3. The first-order valence-corrected chi connectivity index (χ1v) is 6.02. The van der Waals surface area contributed by atoms with Gasteiger partial charge in [0.2, 0.25) is 5.91 Å². The van der Waals surface area contributed by atoms with Crippen molar-refractivity contribution in [1.29, 1.82) is 0 Å². The predicted molar refractivity (Wildman–Crippen MR) is 65.9 cm³/mol. The lowest BCUT2D eigenvalue weighted by Gasteiger charge is -2.04. The maximum Gasteiger partial charge on any atom is 0.224 e. The second-order valence-corrected chi connectivity index (χ2v) is 4.38. The van der Waals surface area contributed by atoms with Gasteiger partial charge in [-0.3, -0.25) is 9.89 Å². The Hall–Kier alpha value is -1.82. The van der Waals surface area contributed by atoms with E-state index in [1.165, 1.54) is 18.1 Å². The van der Waals surface area contributed by atoms with Crippen LogP contribution in [0.25, 0.3) is 0 Å². The Morgan fingerprint density at radius 3 is 2.76 bits per heavy atom. The normalized spacial score (nSPS) is 10.2. The molecule has 0 atom stereocenters. The van der Waals surface area contributed by atoms with Gasteiger partial charge in [-0.15, -0.1) is 0 Å². The molecule has 5 nitrogen and oxygen atoms in total. The molecular formula is C11H12N4OS. The van der Waals surface area contributed by atoms with Gasteiger partial charge in [-0.1, -0.05) is 18.7 Å². The molecule has 2 rings (SSSR count). The van der Waals surface area contributed by atoms with Gasteiger partial charge in [-0.2, -0.15) is 5.10 Å². The number of benzene rings is 1. The molecule has 1 heterocycles. The van der Waals surface area contributed by atoms with Crippen molar-refractivity contribution in [1.82, 2.24) is 15.2 Å². The summed E-state index contributed by atoms with van der Waals surface area (Å²) in [6.07, 6.45) is 1.95. The fourth-order valence-corrected chi connectivity index (χ4v) is 1.90. The van der Waals surface area contributed by atoms with Crippen LogP contribution in [0.5, 0.6) is 0 Å². The van der Waals surface area contributed by atoms with E-state index in [1.807, 2.05) is 31.2 Å². The summed E-state index contributed by atoms with van der Waals surface area (Å²) in [6.45, 7) is 1.82. The third-order valence-corrected chi connectivity index (χ3v) is 2.96. The molecule has 0 aliphatic carbocycles. The van der Waals surface area contributed by atoms with Crippen LogP contribution < -0.4 is 5.32 Å². The molecule has 1 amide bonds. The Bertz CT molecular complexity index is 481. The minimum atomic E-state index is 0.0145. The SMILES string of the molecule is CCC(=O)Nc1ccc(Sc2ncn[nH]2)cc1. The van der Waals surface area contributed by atoms with Crippen LogP contribution >= 0.6 is 11.8 Å². The lowest BCUT2D eigenvalue weighted by Crippen LogP contribution is -2.08. The molecule has 0 saturated heterocycles. The average Bonchev–Trinajstić information content (AvgIpc) is 2.84. The van der Waals surface area contributed by atoms with Gasteiger partial charge in [-0.25, -0.2) is 4.98 Å². The van der Waals surface area contributed by atoms with Gasteiger partial charge in [-0.05, 0) is 24.3 Å². The maximum absolute atomic E-state index is 11.2. The summed E-state index contributed by atoms with van der Waals surface area (Å²) in [5.41, 5.74) is 0.804. The van der Waals surface area contributed by atoms with Gasteiger partial charge in [0, 0.05) is 17.0 Å². The highest BCUT2D eigenvalue weighted by Gasteiger charge is 2.01. The van der Waals surface area contributed by atoms with Crippen molar-refractivity contribution >= 4 is 23.4 Å². The van der Waals surface area contributed by atoms with Crippen LogP contribution in [-0.2, 0) is 4.79 Å². The number of anilines is 1. The number of aromatic nitrogens is 3. The highest BCUT2D eigenvalue weighted by Crippen LogP contribution is 2.25. The summed E-state index contributed by atoms with van der Waals surface area (Å²) in [5, 5.41) is 10.1. The van der Waals surface area contributed by atoms with Crippen molar-refractivity contribution in [3.05, 3.63) is 30.6 Å². The van der Waals surface area contributed by atoms with E-state index in [-0.39, 0.29) is 5.91 Å². The number of amides is 1. The molecule has 2 aromatic rings. The van der Waals surface area contributed by atoms with Crippen molar-refractivity contribution in [2.75, 3.05) is 5.32 Å². The summed E-state index contributed by atoms with van der Waals surface area (Å²) in [7, 11) is 0. The number of hydrogen-bond donors (Lipinski definition) is 2. The van der Waals surface area contributed by atoms with E-state index in [9.17, 15) is 4.79 Å². The first-order chi connectivity index (χ1) is 8.28. The number of aromatic amines is 1. The minimum Gasteiger partial charge on any atom is -0.326 e. The highest BCUT2D eigenvalue weighted by molar-refractivity contribution is 7.99. The standard InChI is InChI=1S/C11H12N4OS/c1-2-10(16)14-8-3-5-9(6-4-8)17-11-12-7-13-15-11/h3-7H,2H2,1H3,(H,14,16)(H,12,13,15). The zero-order valence-corrected chi connectivity index (χ0v) is 10.1. The number of rotatable bonds is 4. The van der Waals surface area contributed by atoms with Crippen LogP contribution in [0.4, 0.5) is 5.69 Å². The Morgan fingerprint density at radius 2 is 2.18 bits per heavy atom. The van der Waals surface area contributed by atoms with Crippen LogP contribution in [0.3, 0.4) is 0 Å². The molecule has 0 unspecified atom stereocenters. The summed E-state index contributed by atoms with van der Waals surface area (Å²) in [6, 6.07) is 7.59. The number of carbonyl (C=O) groups excluding carboxylic acids is 1. The molecule has 2 N–H and O–H groups in total. The molecular weight excluding hydrogens is 236 g/mol. The molecule has 0 bridgehead atoms. The second kappa shape index (κ2) is 5.49. The monoisotopic (exact) mass is 248 g/mol. The van der Waals surface area contributed by atoms with Gasteiger partial charge in [0.05, 0.1) is 0 Å². The van der Waals surface area contributed by atoms with Crippen LogP contribution in [0.2, 0.25) is 0 Å². The first-order valence-electron chi connectivity index (χ1n) is 5.21. The zero-order valence-electron chi connectivity index (χ0n) is 9.30. The van der Waals surface area contributed by atoms with E-state index in [0.717, 1.165) is 15.7 Å². The van der Waals surface area contributed by atoms with E-state index < -0.39 is 0 Å². The second-order valence-electron chi connectivity index (χ2n) is 3.32. The maximum atomic E-state index is 11.2. The molecule has 88 valence electrons. The molecule has 0 saturated carbocycles. The Balaban J connectivity index is 2.00. The van der Waals surface area contributed by atoms with Gasteiger partial charge < -0.3 is 5.32 Å². The molecule has 0 radical (unpaired) electrons. The average molecular weight is 248 g/mol. The molecule has 1 aromatic heterocycles. The summed E-state index contributed by atoms with van der Waals surface area (Å²) < 4.78 is 0. The van der Waals surface area contributed by atoms with Crippen molar-refractivity contribution < 1.29 is 4.79 Å². The van der Waals surface area contributed by atoms with Crippen molar-refractivity contribution in [3.63, 3.8) is 0 Å². The fraction of sp³-hybridized carbons (Fsp3) is 0.182. The Morgan fingerprint density at radius 1 is 1.41 bits per heavy atom. The molecule has 6 heteroatoms. The smallest absolute Gasteiger partial charge is 0.224 e. The van der Waals surface area contributed by atoms with Crippen molar-refractivity contribution in [2.24, 2.45) is 0 Å². The summed E-state index contributed by atoms with van der Waals surface area (Å²) >= 11 is 1.49. The highest BCUT2D eigenvalue weighted by atomic mass is 32.2. The molecule has 0 spiro atoms. The number of nitrogens with one attached hydrogen (secondary N) is 2. The van der Waals surface area contributed by atoms with E-state index in [4.69, 9.17) is 0 Å². The summed E-state index contributed by atoms with van der Waals surface area (Å²) in [4.78, 5) is 16.2. The molecule has 17 heavy (non-hydrogen) atoms. The fourth-order valence-electron chi connectivity index (χ4n) is 1.21. The number of carbonyl (C=O) groups is 1. The van der Waals surface area contributed by atoms with Gasteiger partial charge in [0.1, 0.15) is 6.33 Å². The molecule has 0 fully saturated rings. The van der Waals surface area contributed by atoms with Crippen LogP contribution in [0.15, 0.2) is 40.6 Å². The van der Waals surface area contributed by atoms with Crippen LogP contribution in [0.1, 0.15) is 13.3 Å². The Kier molecular flexibility index (Phi) is 3.77. The van der Waals surface area contributed by atoms with Crippen LogP contribution in [0, 0.1) is 0 Å². The van der Waals surface area contributed by atoms with Crippen molar-refractivity contribution in [3.8, 4) is 0 Å². The van der Waals surface area contributed by atoms with Gasteiger partial charge in [0.15, 0.2) is 5.16 Å². The number of H-pyrrole nitrogens is 1. The quantitative estimate of drug-likeness (QED) is 0.871. The van der Waals surface area contributed by atoms with Crippen LogP contribution in [-0.4, -0.2) is 21.1 Å². The Labute approximate surface area is 103 Å². The minimum absolute atomic E-state index is 0.0145. The van der Waals surface area contributed by atoms with Crippen molar-refractivity contribution in [2.45, 2.75) is 23.4 Å². The van der Waals surface area contributed by atoms with E-state index in [1.54, 1.807) is 0 Å². The van der Waals surface area contributed by atoms with E-state index >= 15 is 0 Å². The van der Waals surface area contributed by atoms with E-state index in [0.29, 0.717) is 6.42 Å². The first kappa shape index (κ1) is 11.7. The number of hydrogen-bond acceptors (Lipinski definition) is 4. The third-order valence-electron chi connectivity index (χ3n) is 2.07. The van der Waals surface area contributed by atoms with Gasteiger partial charge >= 0.3 is 0 Å². The molecule has 0 aliphatic rings. The molecule has 0 aliphatic heterocycles.